The maximum atomic E-state index is 12.8. The fourth-order valence-corrected chi connectivity index (χ4v) is 3.84. The van der Waals surface area contributed by atoms with Gasteiger partial charge in [0.2, 0.25) is 11.8 Å². The number of hydrogen-bond donors (Lipinski definition) is 2. The predicted octanol–water partition coefficient (Wildman–Crippen LogP) is 1.65. The molecule has 2 N–H and O–H groups in total. The van der Waals surface area contributed by atoms with E-state index in [1.807, 2.05) is 30.0 Å². The monoisotopic (exact) mass is 410 g/mol. The van der Waals surface area contributed by atoms with Crippen molar-refractivity contribution in [2.45, 2.75) is 32.2 Å². The van der Waals surface area contributed by atoms with Crippen molar-refractivity contribution in [2.24, 2.45) is 0 Å². The van der Waals surface area contributed by atoms with E-state index in [0.717, 1.165) is 51.1 Å². The number of benzene rings is 1. The molecule has 7 nitrogen and oxygen atoms in total. The minimum Gasteiger partial charge on any atom is -0.495 e. The maximum absolute atomic E-state index is 12.8. The van der Waals surface area contributed by atoms with Crippen LogP contribution in [0.3, 0.4) is 0 Å². The summed E-state index contributed by atoms with van der Waals surface area (Å²) in [5.41, 5.74) is 1.77. The molecule has 0 spiro atoms. The van der Waals surface area contributed by atoms with E-state index in [2.05, 4.69) is 15.5 Å². The lowest BCUT2D eigenvalue weighted by molar-refractivity contribution is -0.132. The number of aryl methyl sites for hydroxylation is 1. The van der Waals surface area contributed by atoms with Crippen LogP contribution in [0.15, 0.2) is 18.2 Å². The number of ether oxygens (including phenoxy) is 1. The van der Waals surface area contributed by atoms with Crippen molar-refractivity contribution in [3.8, 4) is 5.75 Å². The normalized spacial score (nSPS) is 19.8. The van der Waals surface area contributed by atoms with Gasteiger partial charge in [-0.05, 0) is 44.0 Å². The minimum atomic E-state index is -0.189. The van der Waals surface area contributed by atoms with Crippen LogP contribution < -0.4 is 15.4 Å². The summed E-state index contributed by atoms with van der Waals surface area (Å²) in [5.74, 6) is 0.821. The van der Waals surface area contributed by atoms with E-state index >= 15 is 0 Å². The Kier molecular flexibility index (Phi) is 8.54. The first-order valence-corrected chi connectivity index (χ1v) is 9.76. The van der Waals surface area contributed by atoms with Crippen molar-refractivity contribution < 1.29 is 14.3 Å². The molecule has 3 rings (SSSR count). The molecule has 1 aromatic carbocycles. The summed E-state index contributed by atoms with van der Waals surface area (Å²) in [6.07, 6.45) is 2.27. The van der Waals surface area contributed by atoms with Gasteiger partial charge in [0.1, 0.15) is 5.75 Å². The summed E-state index contributed by atoms with van der Waals surface area (Å²) < 4.78 is 5.35. The molecule has 2 saturated heterocycles. The van der Waals surface area contributed by atoms with E-state index in [1.54, 1.807) is 7.11 Å². The zero-order valence-electron chi connectivity index (χ0n) is 16.7. The number of carbonyl (C=O) groups excluding carboxylic acids is 2. The predicted molar refractivity (Wildman–Crippen MR) is 112 cm³/mol. The molecule has 0 aliphatic carbocycles. The highest BCUT2D eigenvalue weighted by atomic mass is 35.5. The van der Waals surface area contributed by atoms with Gasteiger partial charge < -0.3 is 20.3 Å². The Bertz CT molecular complexity index is 679. The van der Waals surface area contributed by atoms with E-state index in [9.17, 15) is 9.59 Å². The first-order chi connectivity index (χ1) is 13.1. The van der Waals surface area contributed by atoms with Gasteiger partial charge in [-0.2, -0.15) is 0 Å². The van der Waals surface area contributed by atoms with Crippen LogP contribution in [0.2, 0.25) is 0 Å². The molecule has 2 amide bonds. The molecule has 156 valence electrons. The molecule has 0 radical (unpaired) electrons. The highest BCUT2D eigenvalue weighted by molar-refractivity contribution is 5.96. The van der Waals surface area contributed by atoms with Gasteiger partial charge in [-0.3, -0.25) is 14.5 Å². The van der Waals surface area contributed by atoms with Crippen LogP contribution in [-0.4, -0.2) is 74.0 Å². The van der Waals surface area contributed by atoms with Gasteiger partial charge in [-0.1, -0.05) is 6.07 Å². The van der Waals surface area contributed by atoms with E-state index in [-0.39, 0.29) is 30.3 Å². The molecule has 2 aliphatic heterocycles. The number of rotatable bonds is 6. The Hall–Kier alpha value is -1.83. The van der Waals surface area contributed by atoms with Gasteiger partial charge in [0.25, 0.3) is 0 Å². The molecule has 0 bridgehead atoms. The number of methoxy groups -OCH3 is 1. The summed E-state index contributed by atoms with van der Waals surface area (Å²) in [6.45, 7) is 6.74. The number of halogens is 1. The molecule has 2 aliphatic rings. The lowest BCUT2D eigenvalue weighted by atomic mass is 10.1. The highest BCUT2D eigenvalue weighted by Crippen LogP contribution is 2.27. The summed E-state index contributed by atoms with van der Waals surface area (Å²) in [6, 6.07) is 5.55. The number of nitrogens with zero attached hydrogens (tertiary/aromatic N) is 2. The number of amides is 2. The first-order valence-electron chi connectivity index (χ1n) is 9.76. The molecular formula is C20H31ClN4O3. The third kappa shape index (κ3) is 5.59. The zero-order valence-corrected chi connectivity index (χ0v) is 17.5. The molecule has 0 aromatic heterocycles. The number of nitrogens with one attached hydrogen (secondary N) is 2. The lowest BCUT2D eigenvalue weighted by Crippen LogP contribution is -2.47. The lowest BCUT2D eigenvalue weighted by Gasteiger charge is -2.29. The largest absolute Gasteiger partial charge is 0.495 e. The number of carbonyl (C=O) groups is 2. The third-order valence-electron chi connectivity index (χ3n) is 5.36. The van der Waals surface area contributed by atoms with E-state index in [4.69, 9.17) is 4.74 Å². The van der Waals surface area contributed by atoms with Gasteiger partial charge in [-0.15, -0.1) is 12.4 Å². The van der Waals surface area contributed by atoms with Crippen LogP contribution in [0.25, 0.3) is 0 Å². The molecule has 0 saturated carbocycles. The standard InChI is InChI=1S/C20H30N4O3.ClH/c1-15-5-6-18(27-2)16(14-15)22-20(26)17-4-3-10-23(17)11-7-19(25)24-12-8-21-9-13-24;/h5-6,14,17,21H,3-4,7-13H2,1-2H3,(H,22,26);1H. The minimum absolute atomic E-state index is 0. The maximum Gasteiger partial charge on any atom is 0.241 e. The fourth-order valence-electron chi connectivity index (χ4n) is 3.84. The highest BCUT2D eigenvalue weighted by Gasteiger charge is 2.31. The van der Waals surface area contributed by atoms with Crippen LogP contribution in [0, 0.1) is 6.92 Å². The Labute approximate surface area is 173 Å². The second-order valence-electron chi connectivity index (χ2n) is 7.27. The second kappa shape index (κ2) is 10.6. The number of anilines is 1. The number of hydrogen-bond acceptors (Lipinski definition) is 5. The zero-order chi connectivity index (χ0) is 19.2. The molecule has 1 unspecified atom stereocenters. The molecule has 1 aromatic rings. The summed E-state index contributed by atoms with van der Waals surface area (Å²) >= 11 is 0. The first kappa shape index (κ1) is 22.5. The Morgan fingerprint density at radius 2 is 2.00 bits per heavy atom. The summed E-state index contributed by atoms with van der Waals surface area (Å²) in [4.78, 5) is 29.3. The molecule has 2 fully saturated rings. The Balaban J connectivity index is 0.00000280. The van der Waals surface area contributed by atoms with Crippen LogP contribution in [0.1, 0.15) is 24.8 Å². The third-order valence-corrected chi connectivity index (χ3v) is 5.36. The van der Waals surface area contributed by atoms with Gasteiger partial charge in [-0.25, -0.2) is 0 Å². The number of piperazine rings is 1. The number of likely N-dealkylation sites (tertiary alicyclic amines) is 1. The van der Waals surface area contributed by atoms with E-state index in [0.29, 0.717) is 24.4 Å². The van der Waals surface area contributed by atoms with Crippen LogP contribution in [-0.2, 0) is 9.59 Å². The van der Waals surface area contributed by atoms with Gasteiger partial charge in [0.05, 0.1) is 18.8 Å². The van der Waals surface area contributed by atoms with E-state index in [1.165, 1.54) is 0 Å². The van der Waals surface area contributed by atoms with Crippen molar-refractivity contribution in [3.63, 3.8) is 0 Å². The van der Waals surface area contributed by atoms with E-state index < -0.39 is 0 Å². The average molecular weight is 411 g/mol. The van der Waals surface area contributed by atoms with Crippen LogP contribution in [0.5, 0.6) is 5.75 Å². The average Bonchev–Trinajstić information content (AvgIpc) is 3.16. The van der Waals surface area contributed by atoms with Crippen molar-refractivity contribution in [1.29, 1.82) is 0 Å². The molecule has 8 heteroatoms. The quantitative estimate of drug-likeness (QED) is 0.746. The summed E-state index contributed by atoms with van der Waals surface area (Å²) in [5, 5.41) is 6.27. The van der Waals surface area contributed by atoms with Gasteiger partial charge >= 0.3 is 0 Å². The van der Waals surface area contributed by atoms with Crippen molar-refractivity contribution >= 4 is 29.9 Å². The molecule has 28 heavy (non-hydrogen) atoms. The molecule has 1 atom stereocenters. The smallest absolute Gasteiger partial charge is 0.241 e. The summed E-state index contributed by atoms with van der Waals surface area (Å²) in [7, 11) is 1.60. The molecule has 2 heterocycles. The molecular weight excluding hydrogens is 380 g/mol. The fraction of sp³-hybridized carbons (Fsp3) is 0.600. The van der Waals surface area contributed by atoms with Crippen molar-refractivity contribution in [3.05, 3.63) is 23.8 Å². The SMILES string of the molecule is COc1ccc(C)cc1NC(=O)C1CCCN1CCC(=O)N1CCNCC1.Cl. The second-order valence-corrected chi connectivity index (χ2v) is 7.27. The Morgan fingerprint density at radius 1 is 1.25 bits per heavy atom. The Morgan fingerprint density at radius 3 is 2.71 bits per heavy atom. The van der Waals surface area contributed by atoms with Gasteiger partial charge in [0.15, 0.2) is 0 Å². The van der Waals surface area contributed by atoms with Crippen LogP contribution in [0.4, 0.5) is 5.69 Å². The van der Waals surface area contributed by atoms with Gasteiger partial charge in [0, 0.05) is 39.1 Å². The topological polar surface area (TPSA) is 73.9 Å². The van der Waals surface area contributed by atoms with Crippen LogP contribution >= 0.6 is 12.4 Å². The van der Waals surface area contributed by atoms with Crippen molar-refractivity contribution in [2.75, 3.05) is 51.7 Å². The van der Waals surface area contributed by atoms with Crippen molar-refractivity contribution in [1.82, 2.24) is 15.1 Å².